The molecule has 0 aliphatic carbocycles. The molecule has 26 heavy (non-hydrogen) atoms. The molecule has 5 nitrogen and oxygen atoms in total. The number of hydrogen-bond donors (Lipinski definition) is 1. The molecule has 0 aliphatic heterocycles. The van der Waals surface area contributed by atoms with Crippen LogP contribution in [0.25, 0.3) is 21.5 Å². The largest absolute Gasteiger partial charge is 0.294 e. The summed E-state index contributed by atoms with van der Waals surface area (Å²) in [5.74, 6) is 0. The van der Waals surface area contributed by atoms with Crippen LogP contribution in [-0.4, -0.2) is 13.0 Å². The summed E-state index contributed by atoms with van der Waals surface area (Å²) in [5, 5.41) is 12.2. The van der Waals surface area contributed by atoms with Crippen LogP contribution >= 0.6 is 0 Å². The van der Waals surface area contributed by atoms with Gasteiger partial charge in [0.25, 0.3) is 10.1 Å². The number of benzene rings is 4. The fourth-order valence-electron chi connectivity index (χ4n) is 2.89. The SMILES string of the molecule is O=S(=O)(O)c1ccc2cccc(N=Nc3cccc4ccccc34)c2c1. The van der Waals surface area contributed by atoms with Gasteiger partial charge in [-0.1, -0.05) is 54.6 Å². The van der Waals surface area contributed by atoms with Crippen LogP contribution in [0.3, 0.4) is 0 Å². The van der Waals surface area contributed by atoms with E-state index >= 15 is 0 Å². The van der Waals surface area contributed by atoms with Crippen LogP contribution in [0.5, 0.6) is 0 Å². The molecular formula is C20H14N2O3S. The maximum Gasteiger partial charge on any atom is 0.294 e. The Kier molecular flexibility index (Phi) is 3.99. The van der Waals surface area contributed by atoms with Gasteiger partial charge in [0.05, 0.1) is 16.3 Å². The molecule has 6 heteroatoms. The first-order valence-corrected chi connectivity index (χ1v) is 9.36. The van der Waals surface area contributed by atoms with Crippen LogP contribution in [0.2, 0.25) is 0 Å². The van der Waals surface area contributed by atoms with Crippen molar-refractivity contribution in [3.8, 4) is 0 Å². The molecule has 0 unspecified atom stereocenters. The lowest BCUT2D eigenvalue weighted by Crippen LogP contribution is -1.97. The number of azo groups is 1. The lowest BCUT2D eigenvalue weighted by molar-refractivity contribution is 0.483. The lowest BCUT2D eigenvalue weighted by Gasteiger charge is -2.04. The molecule has 128 valence electrons. The van der Waals surface area contributed by atoms with Gasteiger partial charge < -0.3 is 0 Å². The number of fused-ring (bicyclic) bond motifs is 2. The van der Waals surface area contributed by atoms with E-state index in [2.05, 4.69) is 10.2 Å². The third-order valence-corrected chi connectivity index (χ3v) is 5.01. The van der Waals surface area contributed by atoms with Gasteiger partial charge in [-0.25, -0.2) is 0 Å². The van der Waals surface area contributed by atoms with Crippen molar-refractivity contribution in [3.63, 3.8) is 0 Å². The molecule has 0 radical (unpaired) electrons. The fraction of sp³-hybridized carbons (Fsp3) is 0. The maximum absolute atomic E-state index is 11.4. The molecule has 0 aliphatic rings. The minimum atomic E-state index is -4.28. The molecule has 0 aromatic heterocycles. The minimum absolute atomic E-state index is 0.169. The highest BCUT2D eigenvalue weighted by atomic mass is 32.2. The van der Waals surface area contributed by atoms with E-state index in [-0.39, 0.29) is 4.90 Å². The first-order valence-electron chi connectivity index (χ1n) is 7.92. The minimum Gasteiger partial charge on any atom is -0.282 e. The van der Waals surface area contributed by atoms with E-state index in [0.717, 1.165) is 21.8 Å². The van der Waals surface area contributed by atoms with Crippen molar-refractivity contribution in [2.45, 2.75) is 4.90 Å². The van der Waals surface area contributed by atoms with Crippen LogP contribution in [0.15, 0.2) is 94.0 Å². The molecule has 0 atom stereocenters. The summed E-state index contributed by atoms with van der Waals surface area (Å²) < 4.78 is 32.1. The van der Waals surface area contributed by atoms with E-state index in [9.17, 15) is 13.0 Å². The highest BCUT2D eigenvalue weighted by molar-refractivity contribution is 7.85. The Morgan fingerprint density at radius 2 is 1.23 bits per heavy atom. The van der Waals surface area contributed by atoms with Crippen molar-refractivity contribution in [1.29, 1.82) is 0 Å². The zero-order valence-electron chi connectivity index (χ0n) is 13.6. The van der Waals surface area contributed by atoms with Gasteiger partial charge in [-0.2, -0.15) is 8.42 Å². The first kappa shape index (κ1) is 16.4. The molecule has 4 aromatic carbocycles. The van der Waals surface area contributed by atoms with Gasteiger partial charge in [0, 0.05) is 10.8 Å². The third kappa shape index (κ3) is 3.08. The summed E-state index contributed by atoms with van der Waals surface area (Å²) in [7, 11) is -4.28. The average molecular weight is 362 g/mol. The summed E-state index contributed by atoms with van der Waals surface area (Å²) in [4.78, 5) is -0.169. The molecule has 0 fully saturated rings. The third-order valence-electron chi connectivity index (χ3n) is 4.16. The summed E-state index contributed by atoms with van der Waals surface area (Å²) in [6, 6.07) is 23.5. The molecule has 4 aromatic rings. The van der Waals surface area contributed by atoms with Crippen LogP contribution in [0.1, 0.15) is 0 Å². The van der Waals surface area contributed by atoms with Crippen LogP contribution in [0.4, 0.5) is 11.4 Å². The Bertz CT molecular complexity index is 1260. The summed E-state index contributed by atoms with van der Waals surface area (Å²) in [5.41, 5.74) is 1.26. The van der Waals surface area contributed by atoms with E-state index in [0.29, 0.717) is 11.1 Å². The number of nitrogens with zero attached hydrogens (tertiary/aromatic N) is 2. The van der Waals surface area contributed by atoms with Crippen molar-refractivity contribution in [3.05, 3.63) is 78.9 Å². The predicted molar refractivity (Wildman–Crippen MR) is 102 cm³/mol. The van der Waals surface area contributed by atoms with Crippen molar-refractivity contribution >= 4 is 43.0 Å². The van der Waals surface area contributed by atoms with E-state index in [1.807, 2.05) is 54.6 Å². The molecule has 1 N–H and O–H groups in total. The lowest BCUT2D eigenvalue weighted by atomic mass is 10.1. The molecule has 0 heterocycles. The van der Waals surface area contributed by atoms with E-state index in [4.69, 9.17) is 0 Å². The van der Waals surface area contributed by atoms with Crippen LogP contribution in [0, 0.1) is 0 Å². The molecule has 0 bridgehead atoms. The van der Waals surface area contributed by atoms with Gasteiger partial charge in [-0.3, -0.25) is 4.55 Å². The normalized spacial score (nSPS) is 12.2. The Balaban J connectivity index is 1.85. The van der Waals surface area contributed by atoms with Crippen LogP contribution < -0.4 is 0 Å². The van der Waals surface area contributed by atoms with Gasteiger partial charge in [0.15, 0.2) is 0 Å². The molecule has 0 spiro atoms. The molecule has 4 rings (SSSR count). The Morgan fingerprint density at radius 1 is 0.654 bits per heavy atom. The van der Waals surface area contributed by atoms with Gasteiger partial charge in [-0.05, 0) is 35.0 Å². The van der Waals surface area contributed by atoms with E-state index < -0.39 is 10.1 Å². The zero-order chi connectivity index (χ0) is 18.1. The number of rotatable bonds is 3. The van der Waals surface area contributed by atoms with Crippen molar-refractivity contribution in [2.75, 3.05) is 0 Å². The van der Waals surface area contributed by atoms with E-state index in [1.165, 1.54) is 12.1 Å². The van der Waals surface area contributed by atoms with Crippen molar-refractivity contribution in [1.82, 2.24) is 0 Å². The highest BCUT2D eigenvalue weighted by Gasteiger charge is 2.11. The second-order valence-corrected chi connectivity index (χ2v) is 7.25. The molecule has 0 amide bonds. The Hall–Kier alpha value is -3.09. The zero-order valence-corrected chi connectivity index (χ0v) is 14.4. The van der Waals surface area contributed by atoms with E-state index in [1.54, 1.807) is 12.1 Å². The molecule has 0 saturated carbocycles. The summed E-state index contributed by atoms with van der Waals surface area (Å²) in [6.07, 6.45) is 0. The molecular weight excluding hydrogens is 348 g/mol. The maximum atomic E-state index is 11.4. The first-order chi connectivity index (χ1) is 12.5. The standard InChI is InChI=1S/C20H14N2O3S/c23-26(24,25)16-12-11-15-7-4-10-20(18(15)13-16)22-21-19-9-3-6-14-5-1-2-8-17(14)19/h1-13H,(H,23,24,25). The Labute approximate surface area is 150 Å². The second kappa shape index (κ2) is 6.33. The Morgan fingerprint density at radius 3 is 1.92 bits per heavy atom. The second-order valence-electron chi connectivity index (χ2n) is 5.83. The van der Waals surface area contributed by atoms with Gasteiger partial charge >= 0.3 is 0 Å². The topological polar surface area (TPSA) is 79.1 Å². The monoisotopic (exact) mass is 362 g/mol. The predicted octanol–water partition coefficient (Wildman–Crippen LogP) is 5.66. The van der Waals surface area contributed by atoms with Crippen molar-refractivity contribution in [2.24, 2.45) is 10.2 Å². The van der Waals surface area contributed by atoms with Gasteiger partial charge in [-0.15, -0.1) is 10.2 Å². The fourth-order valence-corrected chi connectivity index (χ4v) is 3.39. The van der Waals surface area contributed by atoms with Gasteiger partial charge in [0.1, 0.15) is 0 Å². The quantitative estimate of drug-likeness (QED) is 0.377. The molecule has 0 saturated heterocycles. The average Bonchev–Trinajstić information content (AvgIpc) is 2.65. The highest BCUT2D eigenvalue weighted by Crippen LogP contribution is 2.31. The van der Waals surface area contributed by atoms with Crippen molar-refractivity contribution < 1.29 is 13.0 Å². The number of hydrogen-bond acceptors (Lipinski definition) is 4. The summed E-state index contributed by atoms with van der Waals surface area (Å²) in [6.45, 7) is 0. The smallest absolute Gasteiger partial charge is 0.282 e. The van der Waals surface area contributed by atoms with Crippen LogP contribution in [-0.2, 0) is 10.1 Å². The van der Waals surface area contributed by atoms with Gasteiger partial charge in [0.2, 0.25) is 0 Å². The summed E-state index contributed by atoms with van der Waals surface area (Å²) >= 11 is 0.